The number of aliphatic imine (C=N–C) groups is 1. The van der Waals surface area contributed by atoms with Crippen LogP contribution in [0.4, 0.5) is 0 Å². The Morgan fingerprint density at radius 3 is 2.24 bits per heavy atom. The SMILES string of the molecule is CN(C)C(=NCC(C)(C)c1cccs1)N(C)C. The Labute approximate surface area is 109 Å². The second-order valence-corrected chi connectivity index (χ2v) is 6.21. The lowest BCUT2D eigenvalue weighted by atomic mass is 9.92. The van der Waals surface area contributed by atoms with Crippen molar-refractivity contribution in [2.45, 2.75) is 19.3 Å². The Morgan fingerprint density at radius 1 is 1.24 bits per heavy atom. The van der Waals surface area contributed by atoms with Crippen molar-refractivity contribution in [1.82, 2.24) is 9.80 Å². The molecule has 0 saturated heterocycles. The van der Waals surface area contributed by atoms with Gasteiger partial charge in [0.2, 0.25) is 0 Å². The Hall–Kier alpha value is -1.03. The minimum Gasteiger partial charge on any atom is -0.349 e. The molecule has 0 aliphatic rings. The Morgan fingerprint density at radius 2 is 1.82 bits per heavy atom. The van der Waals surface area contributed by atoms with Crippen LogP contribution in [0.3, 0.4) is 0 Å². The van der Waals surface area contributed by atoms with Gasteiger partial charge in [0.15, 0.2) is 5.96 Å². The van der Waals surface area contributed by atoms with E-state index in [9.17, 15) is 0 Å². The molecule has 0 spiro atoms. The molecule has 0 aliphatic heterocycles. The van der Waals surface area contributed by atoms with Gasteiger partial charge in [-0.15, -0.1) is 11.3 Å². The van der Waals surface area contributed by atoms with Crippen molar-refractivity contribution in [2.75, 3.05) is 34.7 Å². The summed E-state index contributed by atoms with van der Waals surface area (Å²) in [5.74, 6) is 1.01. The number of rotatable bonds is 3. The summed E-state index contributed by atoms with van der Waals surface area (Å²) in [7, 11) is 8.10. The lowest BCUT2D eigenvalue weighted by Gasteiger charge is -2.26. The Balaban J connectivity index is 2.80. The van der Waals surface area contributed by atoms with E-state index in [2.05, 4.69) is 31.4 Å². The van der Waals surface area contributed by atoms with Crippen LogP contribution in [0.25, 0.3) is 0 Å². The summed E-state index contributed by atoms with van der Waals surface area (Å²) in [6.07, 6.45) is 0. The maximum absolute atomic E-state index is 4.73. The molecule has 3 nitrogen and oxygen atoms in total. The second kappa shape index (κ2) is 5.54. The molecule has 0 bridgehead atoms. The summed E-state index contributed by atoms with van der Waals surface area (Å²) >= 11 is 1.80. The van der Waals surface area contributed by atoms with Gasteiger partial charge in [0.1, 0.15) is 0 Å². The van der Waals surface area contributed by atoms with Crippen LogP contribution in [0.1, 0.15) is 18.7 Å². The van der Waals surface area contributed by atoms with E-state index in [1.54, 1.807) is 11.3 Å². The standard InChI is InChI=1S/C13H23N3S/c1-13(2,11-8-7-9-17-11)10-14-12(15(3)4)16(5)6/h7-9H,10H2,1-6H3. The van der Waals surface area contributed by atoms with Crippen LogP contribution in [-0.2, 0) is 5.41 Å². The van der Waals surface area contributed by atoms with Gasteiger partial charge < -0.3 is 9.80 Å². The first kappa shape index (κ1) is 14.0. The van der Waals surface area contributed by atoms with Crippen LogP contribution in [0.15, 0.2) is 22.5 Å². The van der Waals surface area contributed by atoms with E-state index in [4.69, 9.17) is 4.99 Å². The molecule has 1 rings (SSSR count). The van der Waals surface area contributed by atoms with Crippen molar-refractivity contribution < 1.29 is 0 Å². The number of nitrogens with zero attached hydrogens (tertiary/aromatic N) is 3. The average molecular weight is 253 g/mol. The van der Waals surface area contributed by atoms with Gasteiger partial charge in [0.25, 0.3) is 0 Å². The summed E-state index contributed by atoms with van der Waals surface area (Å²) in [6.45, 7) is 5.29. The minimum atomic E-state index is 0.103. The van der Waals surface area contributed by atoms with Crippen molar-refractivity contribution in [3.8, 4) is 0 Å². The monoisotopic (exact) mass is 253 g/mol. The maximum atomic E-state index is 4.73. The van der Waals surface area contributed by atoms with E-state index in [1.165, 1.54) is 4.88 Å². The smallest absolute Gasteiger partial charge is 0.195 e. The van der Waals surface area contributed by atoms with Gasteiger partial charge in [0, 0.05) is 38.5 Å². The van der Waals surface area contributed by atoms with Crippen LogP contribution >= 0.6 is 11.3 Å². The van der Waals surface area contributed by atoms with E-state index in [0.29, 0.717) is 0 Å². The number of guanidine groups is 1. The molecule has 0 atom stereocenters. The maximum Gasteiger partial charge on any atom is 0.195 e. The highest BCUT2D eigenvalue weighted by Crippen LogP contribution is 2.27. The van der Waals surface area contributed by atoms with Gasteiger partial charge in [-0.05, 0) is 11.4 Å². The highest BCUT2D eigenvalue weighted by Gasteiger charge is 2.21. The van der Waals surface area contributed by atoms with Crippen molar-refractivity contribution in [1.29, 1.82) is 0 Å². The fourth-order valence-electron chi connectivity index (χ4n) is 1.69. The van der Waals surface area contributed by atoms with E-state index >= 15 is 0 Å². The van der Waals surface area contributed by atoms with Gasteiger partial charge in [-0.1, -0.05) is 19.9 Å². The second-order valence-electron chi connectivity index (χ2n) is 5.27. The lowest BCUT2D eigenvalue weighted by molar-refractivity contribution is 0.466. The van der Waals surface area contributed by atoms with Crippen LogP contribution in [0, 0.1) is 0 Å². The summed E-state index contributed by atoms with van der Waals surface area (Å²) in [5, 5.41) is 2.12. The van der Waals surface area contributed by atoms with Crippen LogP contribution in [0.2, 0.25) is 0 Å². The van der Waals surface area contributed by atoms with Crippen LogP contribution in [0.5, 0.6) is 0 Å². The average Bonchev–Trinajstić information content (AvgIpc) is 2.69. The van der Waals surface area contributed by atoms with Crippen LogP contribution in [-0.4, -0.2) is 50.5 Å². The molecule has 0 aromatic carbocycles. The van der Waals surface area contributed by atoms with Gasteiger partial charge in [-0.3, -0.25) is 4.99 Å². The molecule has 96 valence electrons. The third-order valence-electron chi connectivity index (χ3n) is 2.60. The summed E-state index contributed by atoms with van der Waals surface area (Å²) in [5.41, 5.74) is 0.103. The summed E-state index contributed by atoms with van der Waals surface area (Å²) < 4.78 is 0. The molecule has 0 unspecified atom stereocenters. The highest BCUT2D eigenvalue weighted by atomic mass is 32.1. The molecular weight excluding hydrogens is 230 g/mol. The largest absolute Gasteiger partial charge is 0.349 e. The molecular formula is C13H23N3S. The molecule has 17 heavy (non-hydrogen) atoms. The molecule has 4 heteroatoms. The molecule has 1 aromatic rings. The van der Waals surface area contributed by atoms with E-state index in [1.807, 2.05) is 38.0 Å². The predicted molar refractivity (Wildman–Crippen MR) is 77.0 cm³/mol. The zero-order valence-corrected chi connectivity index (χ0v) is 12.5. The van der Waals surface area contributed by atoms with E-state index in [0.717, 1.165) is 12.5 Å². The van der Waals surface area contributed by atoms with Gasteiger partial charge >= 0.3 is 0 Å². The Bertz CT molecular complexity index is 354. The summed E-state index contributed by atoms with van der Waals surface area (Å²) in [4.78, 5) is 10.2. The van der Waals surface area contributed by atoms with Gasteiger partial charge in [-0.25, -0.2) is 0 Å². The molecule has 0 amide bonds. The number of hydrogen-bond acceptors (Lipinski definition) is 2. The van der Waals surface area contributed by atoms with E-state index in [-0.39, 0.29) is 5.41 Å². The fourth-order valence-corrected chi connectivity index (χ4v) is 2.54. The zero-order valence-electron chi connectivity index (χ0n) is 11.7. The van der Waals surface area contributed by atoms with Crippen molar-refractivity contribution >= 4 is 17.3 Å². The lowest BCUT2D eigenvalue weighted by Crippen LogP contribution is -2.36. The minimum absolute atomic E-state index is 0.103. The zero-order chi connectivity index (χ0) is 13.1. The Kier molecular flexibility index (Phi) is 4.57. The van der Waals surface area contributed by atoms with E-state index < -0.39 is 0 Å². The highest BCUT2D eigenvalue weighted by molar-refractivity contribution is 7.10. The number of thiophene rings is 1. The molecule has 0 fully saturated rings. The molecule has 1 heterocycles. The topological polar surface area (TPSA) is 18.8 Å². The third kappa shape index (κ3) is 3.73. The first-order valence-electron chi connectivity index (χ1n) is 5.77. The van der Waals surface area contributed by atoms with Gasteiger partial charge in [0.05, 0.1) is 6.54 Å². The van der Waals surface area contributed by atoms with Crippen molar-refractivity contribution in [3.05, 3.63) is 22.4 Å². The third-order valence-corrected chi connectivity index (χ3v) is 3.84. The fraction of sp³-hybridized carbons (Fsp3) is 0.615. The van der Waals surface area contributed by atoms with Crippen LogP contribution < -0.4 is 0 Å². The normalized spacial score (nSPS) is 11.2. The van der Waals surface area contributed by atoms with Crippen molar-refractivity contribution in [3.63, 3.8) is 0 Å². The predicted octanol–water partition coefficient (Wildman–Crippen LogP) is 2.50. The number of hydrogen-bond donors (Lipinski definition) is 0. The molecule has 1 aromatic heterocycles. The first-order chi connectivity index (χ1) is 7.84. The molecule has 0 saturated carbocycles. The van der Waals surface area contributed by atoms with Gasteiger partial charge in [-0.2, -0.15) is 0 Å². The summed E-state index contributed by atoms with van der Waals surface area (Å²) in [6, 6.07) is 4.29. The molecule has 0 aliphatic carbocycles. The van der Waals surface area contributed by atoms with Crippen molar-refractivity contribution in [2.24, 2.45) is 4.99 Å². The first-order valence-corrected chi connectivity index (χ1v) is 6.65. The molecule has 0 radical (unpaired) electrons. The quantitative estimate of drug-likeness (QED) is 0.609. The molecule has 0 N–H and O–H groups in total.